The molecule has 1 aromatic heterocycles. The second-order valence-electron chi connectivity index (χ2n) is 6.73. The van der Waals surface area contributed by atoms with Gasteiger partial charge in [0.05, 0.1) is 0 Å². The maximum absolute atomic E-state index is 4.85. The Morgan fingerprint density at radius 2 is 2.00 bits per heavy atom. The Balaban J connectivity index is 1.84. The van der Waals surface area contributed by atoms with Gasteiger partial charge in [-0.1, -0.05) is 0 Å². The van der Waals surface area contributed by atoms with Crippen LogP contribution in [0.1, 0.15) is 49.4 Å². The Kier molecular flexibility index (Phi) is 3.72. The summed E-state index contributed by atoms with van der Waals surface area (Å²) >= 11 is 0. The van der Waals surface area contributed by atoms with Gasteiger partial charge in [-0.15, -0.1) is 0 Å². The molecule has 0 spiro atoms. The van der Waals surface area contributed by atoms with E-state index in [1.807, 2.05) is 0 Å². The molecule has 0 bridgehead atoms. The minimum absolute atomic E-state index is 0.600. The van der Waals surface area contributed by atoms with Crippen molar-refractivity contribution in [1.29, 1.82) is 0 Å². The Bertz CT molecular complexity index is 489. The molecular weight excluding hydrogens is 246 g/mol. The summed E-state index contributed by atoms with van der Waals surface area (Å²) in [6, 6.07) is 3.56. The van der Waals surface area contributed by atoms with Gasteiger partial charge in [0.25, 0.3) is 0 Å². The normalized spacial score (nSPS) is 20.0. The summed E-state index contributed by atoms with van der Waals surface area (Å²) in [6.45, 7) is 7.62. The van der Waals surface area contributed by atoms with Crippen LogP contribution in [0.15, 0.2) is 6.07 Å². The minimum atomic E-state index is 0.600. The molecule has 0 saturated heterocycles. The van der Waals surface area contributed by atoms with Gasteiger partial charge in [0.2, 0.25) is 0 Å². The minimum Gasteiger partial charge on any atom is -0.356 e. The third kappa shape index (κ3) is 2.98. The van der Waals surface area contributed by atoms with Crippen LogP contribution in [0.2, 0.25) is 0 Å². The first-order valence-corrected chi connectivity index (χ1v) is 7.99. The fourth-order valence-corrected chi connectivity index (χ4v) is 2.98. The van der Waals surface area contributed by atoms with Crippen LogP contribution in [0.5, 0.6) is 0 Å². The van der Waals surface area contributed by atoms with E-state index in [0.29, 0.717) is 6.04 Å². The molecule has 2 aliphatic rings. The summed E-state index contributed by atoms with van der Waals surface area (Å²) in [4.78, 5) is 7.25. The Hall–Kier alpha value is -1.09. The molecular formula is C17H27N3. The highest BCUT2D eigenvalue weighted by atomic mass is 15.2. The maximum atomic E-state index is 4.85. The van der Waals surface area contributed by atoms with E-state index in [2.05, 4.69) is 44.1 Å². The summed E-state index contributed by atoms with van der Waals surface area (Å²) in [7, 11) is 2.21. The van der Waals surface area contributed by atoms with Crippen LogP contribution >= 0.6 is 0 Å². The number of rotatable bonds is 6. The molecule has 1 heterocycles. The van der Waals surface area contributed by atoms with E-state index in [9.17, 15) is 0 Å². The molecule has 20 heavy (non-hydrogen) atoms. The van der Waals surface area contributed by atoms with E-state index in [1.54, 1.807) is 0 Å². The van der Waals surface area contributed by atoms with Crippen molar-refractivity contribution >= 4 is 5.82 Å². The zero-order valence-electron chi connectivity index (χ0n) is 13.2. The van der Waals surface area contributed by atoms with Crippen LogP contribution in [0.25, 0.3) is 0 Å². The first-order valence-electron chi connectivity index (χ1n) is 7.99. The number of nitrogens with zero attached hydrogens (tertiary/aromatic N) is 2. The molecule has 2 saturated carbocycles. The van der Waals surface area contributed by atoms with Crippen molar-refractivity contribution in [3.8, 4) is 0 Å². The molecule has 1 atom stereocenters. The Morgan fingerprint density at radius 1 is 1.30 bits per heavy atom. The number of anilines is 1. The van der Waals surface area contributed by atoms with E-state index in [1.165, 1.54) is 42.6 Å². The topological polar surface area (TPSA) is 28.2 Å². The highest BCUT2D eigenvalue weighted by Gasteiger charge is 2.32. The lowest BCUT2D eigenvalue weighted by Crippen LogP contribution is -2.33. The smallest absolute Gasteiger partial charge is 0.133 e. The average molecular weight is 273 g/mol. The molecule has 1 aromatic rings. The van der Waals surface area contributed by atoms with Crippen LogP contribution in [0.3, 0.4) is 0 Å². The molecule has 2 aliphatic carbocycles. The molecule has 3 nitrogen and oxygen atoms in total. The molecule has 0 amide bonds. The number of aromatic nitrogens is 1. The molecule has 1 N–H and O–H groups in total. The number of nitrogens with one attached hydrogen (secondary N) is 1. The highest BCUT2D eigenvalue weighted by Crippen LogP contribution is 2.37. The van der Waals surface area contributed by atoms with Gasteiger partial charge in [0.15, 0.2) is 0 Å². The van der Waals surface area contributed by atoms with Gasteiger partial charge >= 0.3 is 0 Å². The number of hydrogen-bond donors (Lipinski definition) is 1. The first kappa shape index (κ1) is 13.9. The van der Waals surface area contributed by atoms with Crippen molar-refractivity contribution in [3.63, 3.8) is 0 Å². The summed E-state index contributed by atoms with van der Waals surface area (Å²) in [5.41, 5.74) is 3.88. The number of aryl methyl sites for hydroxylation is 2. The van der Waals surface area contributed by atoms with Crippen LogP contribution < -0.4 is 10.2 Å². The molecule has 0 radical (unpaired) electrons. The number of pyridine rings is 1. The van der Waals surface area contributed by atoms with E-state index in [0.717, 1.165) is 24.2 Å². The van der Waals surface area contributed by atoms with Gasteiger partial charge in [-0.25, -0.2) is 4.98 Å². The fourth-order valence-electron chi connectivity index (χ4n) is 2.98. The lowest BCUT2D eigenvalue weighted by molar-refractivity contribution is 0.596. The van der Waals surface area contributed by atoms with Gasteiger partial charge in [-0.3, -0.25) is 0 Å². The summed E-state index contributed by atoms with van der Waals surface area (Å²) in [5, 5.41) is 3.65. The summed E-state index contributed by atoms with van der Waals surface area (Å²) in [6.07, 6.45) is 5.43. The van der Waals surface area contributed by atoms with E-state index in [4.69, 9.17) is 4.98 Å². The van der Waals surface area contributed by atoms with E-state index >= 15 is 0 Å². The highest BCUT2D eigenvalue weighted by molar-refractivity contribution is 5.52. The van der Waals surface area contributed by atoms with Crippen molar-refractivity contribution in [3.05, 3.63) is 22.9 Å². The van der Waals surface area contributed by atoms with Gasteiger partial charge in [-0.05, 0) is 64.0 Å². The molecule has 3 heteroatoms. The zero-order chi connectivity index (χ0) is 14.3. The van der Waals surface area contributed by atoms with E-state index in [-0.39, 0.29) is 0 Å². The van der Waals surface area contributed by atoms with Crippen LogP contribution in [0.4, 0.5) is 5.82 Å². The molecule has 2 fully saturated rings. The second kappa shape index (κ2) is 5.36. The van der Waals surface area contributed by atoms with Crippen LogP contribution in [0, 0.1) is 19.8 Å². The monoisotopic (exact) mass is 273 g/mol. The third-order valence-electron chi connectivity index (χ3n) is 4.85. The van der Waals surface area contributed by atoms with Crippen LogP contribution in [-0.4, -0.2) is 24.1 Å². The SMILES string of the molecule is Cc1cc(C)c(CNC2CC2)c(N(C)C(C)C2CC2)n1. The largest absolute Gasteiger partial charge is 0.356 e. The van der Waals surface area contributed by atoms with Gasteiger partial charge in [-0.2, -0.15) is 0 Å². The lowest BCUT2D eigenvalue weighted by atomic mass is 10.1. The standard InChI is InChI=1S/C17H27N3/c1-11-9-12(2)19-17(16(11)10-18-15-7-8-15)20(4)13(3)14-5-6-14/h9,13-15,18H,5-8,10H2,1-4H3. The predicted octanol–water partition coefficient (Wildman–Crippen LogP) is 3.19. The first-order chi connectivity index (χ1) is 9.56. The zero-order valence-corrected chi connectivity index (χ0v) is 13.2. The lowest BCUT2D eigenvalue weighted by Gasteiger charge is -2.29. The van der Waals surface area contributed by atoms with Crippen molar-refractivity contribution in [2.45, 2.75) is 65.1 Å². The fraction of sp³-hybridized carbons (Fsp3) is 0.706. The summed E-state index contributed by atoms with van der Waals surface area (Å²) in [5.74, 6) is 2.06. The van der Waals surface area contributed by atoms with Crippen molar-refractivity contribution in [1.82, 2.24) is 10.3 Å². The Morgan fingerprint density at radius 3 is 2.60 bits per heavy atom. The molecule has 1 unspecified atom stereocenters. The van der Waals surface area contributed by atoms with Crippen LogP contribution in [-0.2, 0) is 6.54 Å². The third-order valence-corrected chi connectivity index (χ3v) is 4.85. The average Bonchev–Trinajstić information content (AvgIpc) is 3.27. The van der Waals surface area contributed by atoms with E-state index < -0.39 is 0 Å². The van der Waals surface area contributed by atoms with Gasteiger partial charge in [0.1, 0.15) is 5.82 Å². The predicted molar refractivity (Wildman–Crippen MR) is 84.2 cm³/mol. The van der Waals surface area contributed by atoms with Gasteiger partial charge < -0.3 is 10.2 Å². The maximum Gasteiger partial charge on any atom is 0.133 e. The molecule has 0 aliphatic heterocycles. The molecule has 3 rings (SSSR count). The van der Waals surface area contributed by atoms with Crippen molar-refractivity contribution in [2.24, 2.45) is 5.92 Å². The molecule has 0 aromatic carbocycles. The second-order valence-corrected chi connectivity index (χ2v) is 6.73. The van der Waals surface area contributed by atoms with Crippen molar-refractivity contribution in [2.75, 3.05) is 11.9 Å². The molecule has 110 valence electrons. The summed E-state index contributed by atoms with van der Waals surface area (Å²) < 4.78 is 0. The van der Waals surface area contributed by atoms with Gasteiger partial charge in [0, 0.05) is 36.9 Å². The number of hydrogen-bond acceptors (Lipinski definition) is 3. The Labute approximate surface area is 122 Å². The quantitative estimate of drug-likeness (QED) is 0.863. The van der Waals surface area contributed by atoms with Crippen molar-refractivity contribution < 1.29 is 0 Å².